The minimum absolute atomic E-state index is 0.0277. The van der Waals surface area contributed by atoms with Crippen molar-refractivity contribution in [2.75, 3.05) is 13.2 Å². The number of phenols is 1. The predicted molar refractivity (Wildman–Crippen MR) is 201 cm³/mol. The van der Waals surface area contributed by atoms with Crippen LogP contribution < -0.4 is 32.3 Å². The van der Waals surface area contributed by atoms with Crippen molar-refractivity contribution in [1.29, 1.82) is 0 Å². The van der Waals surface area contributed by atoms with Crippen LogP contribution in [0.2, 0.25) is 0 Å². The lowest BCUT2D eigenvalue weighted by molar-refractivity contribution is -0.134. The average Bonchev–Trinajstić information content (AvgIpc) is 3.77. The molecule has 18 nitrogen and oxygen atoms in total. The van der Waals surface area contributed by atoms with Crippen molar-refractivity contribution in [3.8, 4) is 5.75 Å². The Morgan fingerprint density at radius 1 is 0.855 bits per heavy atom. The van der Waals surface area contributed by atoms with E-state index in [2.05, 4.69) is 41.6 Å². The number of carbonyl (C=O) groups is 7. The van der Waals surface area contributed by atoms with Crippen LogP contribution in [0, 0.1) is 5.92 Å². The van der Waals surface area contributed by atoms with Gasteiger partial charge < -0.3 is 52.3 Å². The van der Waals surface area contributed by atoms with Gasteiger partial charge in [-0.1, -0.05) is 44.2 Å². The van der Waals surface area contributed by atoms with Gasteiger partial charge in [-0.2, -0.15) is 4.99 Å². The van der Waals surface area contributed by atoms with Crippen molar-refractivity contribution in [2.45, 2.75) is 69.7 Å². The van der Waals surface area contributed by atoms with Crippen LogP contribution in [-0.4, -0.2) is 112 Å². The topological polar surface area (TPSA) is 287 Å². The van der Waals surface area contributed by atoms with E-state index < -0.39 is 78.8 Å². The van der Waals surface area contributed by atoms with E-state index in [1.54, 1.807) is 12.3 Å². The molecule has 0 radical (unpaired) electrons. The molecule has 1 aromatic heterocycles. The van der Waals surface area contributed by atoms with Crippen LogP contribution in [0.1, 0.15) is 37.8 Å². The number of aliphatic imine (C=N–C) groups is 2. The molecule has 18 heteroatoms. The molecule has 292 valence electrons. The molecule has 0 saturated heterocycles. The van der Waals surface area contributed by atoms with Crippen LogP contribution in [0.25, 0.3) is 10.9 Å². The molecule has 0 spiro atoms. The number of rotatable bonds is 20. The molecule has 55 heavy (non-hydrogen) atoms. The lowest BCUT2D eigenvalue weighted by atomic mass is 10.0. The summed E-state index contributed by atoms with van der Waals surface area (Å²) in [5, 5.41) is 33.2. The molecule has 2 heterocycles. The number of aliphatic hydroxyl groups is 1. The van der Waals surface area contributed by atoms with Crippen molar-refractivity contribution >= 4 is 64.7 Å². The number of aldehydes is 1. The number of fused-ring (bicyclic) bond motifs is 1. The second-order valence-corrected chi connectivity index (χ2v) is 13.4. The number of hydrogen-bond acceptors (Lipinski definition) is 11. The molecule has 3 aromatic rings. The Labute approximate surface area is 315 Å². The van der Waals surface area contributed by atoms with Crippen molar-refractivity contribution < 1.29 is 43.8 Å². The number of aliphatic hydroxyl groups excluding tert-OH is 1. The van der Waals surface area contributed by atoms with Gasteiger partial charge in [0, 0.05) is 36.4 Å². The van der Waals surface area contributed by atoms with E-state index in [0.29, 0.717) is 23.8 Å². The first-order chi connectivity index (χ1) is 26.3. The summed E-state index contributed by atoms with van der Waals surface area (Å²) in [6.45, 7) is 2.33. The highest BCUT2D eigenvalue weighted by molar-refractivity contribution is 6.44. The molecule has 6 amide bonds. The van der Waals surface area contributed by atoms with E-state index >= 15 is 0 Å². The number of nitrogens with zero attached hydrogens (tertiary/aromatic N) is 2. The lowest BCUT2D eigenvalue weighted by Gasteiger charge is -2.25. The number of benzene rings is 2. The molecule has 5 atom stereocenters. The molecule has 0 aliphatic carbocycles. The second-order valence-electron chi connectivity index (χ2n) is 13.4. The summed E-state index contributed by atoms with van der Waals surface area (Å²) in [5.41, 5.74) is 7.95. The maximum Gasteiger partial charge on any atom is 0.292 e. The monoisotopic (exact) mass is 759 g/mol. The summed E-state index contributed by atoms with van der Waals surface area (Å²) < 4.78 is 0. The normalized spacial score (nSPS) is 15.0. The third-order valence-corrected chi connectivity index (χ3v) is 8.60. The van der Waals surface area contributed by atoms with Gasteiger partial charge >= 0.3 is 0 Å². The number of H-pyrrole nitrogens is 1. The van der Waals surface area contributed by atoms with Crippen LogP contribution >= 0.6 is 0 Å². The van der Waals surface area contributed by atoms with Crippen molar-refractivity contribution in [3.05, 3.63) is 65.9 Å². The molecule has 1 aliphatic rings. The number of phenolic OH excluding ortho intramolecular Hbond substituents is 1. The van der Waals surface area contributed by atoms with Crippen LogP contribution in [-0.2, 0) is 46.4 Å². The Bertz CT molecular complexity index is 1940. The van der Waals surface area contributed by atoms with Crippen LogP contribution in [0.5, 0.6) is 5.75 Å². The summed E-state index contributed by atoms with van der Waals surface area (Å²) in [4.78, 5) is 100. The van der Waals surface area contributed by atoms with E-state index in [-0.39, 0.29) is 36.6 Å². The van der Waals surface area contributed by atoms with Gasteiger partial charge in [0.2, 0.25) is 29.5 Å². The van der Waals surface area contributed by atoms with Crippen LogP contribution in [0.4, 0.5) is 0 Å². The summed E-state index contributed by atoms with van der Waals surface area (Å²) in [6.07, 6.45) is 3.25. The smallest absolute Gasteiger partial charge is 0.292 e. The third kappa shape index (κ3) is 12.1. The van der Waals surface area contributed by atoms with Gasteiger partial charge in [0.1, 0.15) is 42.2 Å². The first-order valence-electron chi connectivity index (χ1n) is 17.5. The summed E-state index contributed by atoms with van der Waals surface area (Å²) in [7, 11) is 0. The van der Waals surface area contributed by atoms with E-state index in [9.17, 15) is 43.8 Å². The maximum absolute atomic E-state index is 13.8. The first-order valence-corrected chi connectivity index (χ1v) is 17.5. The highest BCUT2D eigenvalue weighted by atomic mass is 16.3. The van der Waals surface area contributed by atoms with Crippen molar-refractivity contribution in [3.63, 3.8) is 0 Å². The molecular weight excluding hydrogens is 714 g/mol. The van der Waals surface area contributed by atoms with Gasteiger partial charge in [0.05, 0.1) is 25.2 Å². The maximum atomic E-state index is 13.8. The number of aromatic amines is 1. The fourth-order valence-electron chi connectivity index (χ4n) is 5.75. The standard InChI is InChI=1S/C37H45N9O9/c1-20(2)11-23(17-47)43-32(50)16-40-35(53)29(12-21-7-9-24(49)10-8-21)45-37(55)31(18-48)46-36(54)30(13-22-15-39-27-6-4-3-5-25(22)27)44-33(51)26(38)14-28-34(52)42-19-41-28/h3-10,15,17,19-20,23,26,29-31,39,48-49H,11-14,16,18,38H2,1-2H3,(H,40,53)(H,43,50)(H,44,51)(H,45,55)(H,46,54)/t23-,26-,29-,30-,31-/m0/s1. The van der Waals surface area contributed by atoms with E-state index in [1.165, 1.54) is 24.3 Å². The number of para-hydroxylation sites is 1. The van der Waals surface area contributed by atoms with Gasteiger partial charge in [-0.15, -0.1) is 0 Å². The zero-order valence-electron chi connectivity index (χ0n) is 30.3. The largest absolute Gasteiger partial charge is 0.508 e. The average molecular weight is 760 g/mol. The summed E-state index contributed by atoms with van der Waals surface area (Å²) >= 11 is 0. The zero-order valence-corrected chi connectivity index (χ0v) is 30.3. The number of hydrogen-bond donors (Lipinski definition) is 9. The number of amides is 6. The Hall–Kier alpha value is -6.27. The Morgan fingerprint density at radius 2 is 1.51 bits per heavy atom. The second kappa shape index (κ2) is 19.7. The van der Waals surface area contributed by atoms with E-state index in [4.69, 9.17) is 5.73 Å². The number of aromatic nitrogens is 1. The molecule has 4 rings (SSSR count). The van der Waals surface area contributed by atoms with Crippen molar-refractivity contribution in [1.82, 2.24) is 31.6 Å². The zero-order chi connectivity index (χ0) is 40.1. The third-order valence-electron chi connectivity index (χ3n) is 8.60. The summed E-state index contributed by atoms with van der Waals surface area (Å²) in [5.74, 6) is -4.63. The molecular formula is C37H45N9O9. The Balaban J connectivity index is 1.49. The van der Waals surface area contributed by atoms with Crippen LogP contribution in [0.3, 0.4) is 0 Å². The first kappa shape index (κ1) is 41.5. The molecule has 0 bridgehead atoms. The quantitative estimate of drug-likeness (QED) is 0.0613. The molecule has 0 fully saturated rings. The van der Waals surface area contributed by atoms with Gasteiger partial charge in [0.25, 0.3) is 5.91 Å². The van der Waals surface area contributed by atoms with Gasteiger partial charge in [-0.3, -0.25) is 28.8 Å². The highest BCUT2D eigenvalue weighted by Crippen LogP contribution is 2.19. The van der Waals surface area contributed by atoms with E-state index in [0.717, 1.165) is 17.2 Å². The fraction of sp³-hybridized carbons (Fsp3) is 0.378. The molecule has 2 aromatic carbocycles. The molecule has 0 unspecified atom stereocenters. The highest BCUT2D eigenvalue weighted by Gasteiger charge is 2.32. The van der Waals surface area contributed by atoms with Crippen molar-refractivity contribution in [2.24, 2.45) is 21.6 Å². The fourth-order valence-corrected chi connectivity index (χ4v) is 5.75. The van der Waals surface area contributed by atoms with Gasteiger partial charge in [-0.05, 0) is 41.7 Å². The number of carbonyl (C=O) groups excluding carboxylic acids is 7. The minimum atomic E-state index is -1.62. The number of nitrogens with one attached hydrogen (secondary N) is 6. The predicted octanol–water partition coefficient (Wildman–Crippen LogP) is -1.32. The summed E-state index contributed by atoms with van der Waals surface area (Å²) in [6, 6.07) is 6.71. The molecule has 10 N–H and O–H groups in total. The molecule has 0 saturated carbocycles. The molecule has 1 aliphatic heterocycles. The lowest BCUT2D eigenvalue weighted by Crippen LogP contribution is -2.59. The Kier molecular flexibility index (Phi) is 14.9. The SMILES string of the molecule is CC(C)C[C@@H](C=O)NC(=O)CNC(=O)[C@H](Cc1ccc(O)cc1)NC(=O)[C@H](CO)NC(=O)[C@H](Cc1c[nH]c2ccccc12)NC(=O)[C@@H](N)CC1=NC=NC1=O. The van der Waals surface area contributed by atoms with Gasteiger partial charge in [-0.25, -0.2) is 4.99 Å². The number of aromatic hydroxyl groups is 1. The number of nitrogens with two attached hydrogens (primary N) is 1. The van der Waals surface area contributed by atoms with Gasteiger partial charge in [0.15, 0.2) is 0 Å². The van der Waals surface area contributed by atoms with Crippen LogP contribution in [0.15, 0.2) is 64.7 Å². The Morgan fingerprint density at radius 3 is 2.16 bits per heavy atom. The van der Waals surface area contributed by atoms with E-state index in [1.807, 2.05) is 32.0 Å². The minimum Gasteiger partial charge on any atom is -0.508 e.